The van der Waals surface area contributed by atoms with E-state index in [0.717, 1.165) is 31.4 Å². The summed E-state index contributed by atoms with van der Waals surface area (Å²) in [7, 11) is 2.72. The van der Waals surface area contributed by atoms with Gasteiger partial charge >= 0.3 is 5.97 Å². The van der Waals surface area contributed by atoms with Crippen molar-refractivity contribution in [3.05, 3.63) is 102 Å². The van der Waals surface area contributed by atoms with E-state index in [9.17, 15) is 67.7 Å². The Morgan fingerprint density at radius 2 is 0.907 bits per heavy atom. The van der Waals surface area contributed by atoms with Crippen LogP contribution in [-0.4, -0.2) is 307 Å². The number of carboxylic acids is 1. The first-order valence-corrected chi connectivity index (χ1v) is 44.6. The SMILES string of the molecule is CCCC[C@@H]1C(=O)N(C)[C@H](CCCC)C(=O)N[C@@H](CN)C(=O)N[C@@H](C(=O)NCC(N)=O)CSCC(=O)N[C@@H](Cc2ccc(O)cc2)C(=O)N2CCCC2C(=O)N[C@H](CC(=O)O)C(=O)N2CCC[C@H]2C(=O)N[C@H](CN)C(=O)N[C@@H](CCC(N)=O)C(=O)N2CCCC2C(=O)N[C@H](Cc2c[nH]c3ccccc23)C(=O)N[C@@H](CCN)C(=O)N[C@@H](Cc2c[nH]c3ccccc23)C(=O)N1C. The van der Waals surface area contributed by atoms with Gasteiger partial charge in [-0.25, -0.2) is 0 Å². The number of carbonyl (C=O) groups is 18. The number of likely N-dealkylation sites (N-methyl/N-ethyl adjacent to an activating group) is 2. The van der Waals surface area contributed by atoms with Crippen LogP contribution in [-0.2, 0) is 106 Å². The summed E-state index contributed by atoms with van der Waals surface area (Å²) < 4.78 is 0. The number of hydrogen-bond acceptors (Lipinski definition) is 23. The van der Waals surface area contributed by atoms with Gasteiger partial charge in [0.15, 0.2) is 0 Å². The lowest BCUT2D eigenvalue weighted by Crippen LogP contribution is -2.62. The molecule has 14 atom stereocenters. The second-order valence-corrected chi connectivity index (χ2v) is 33.8. The number of phenolic OH excluding ortho intramolecular Hbond substituents is 1. The molecule has 24 N–H and O–H groups in total. The second kappa shape index (κ2) is 47.9. The molecular weight excluding hydrogens is 1690 g/mol. The zero-order valence-corrected chi connectivity index (χ0v) is 73.6. The Bertz CT molecular complexity index is 4890. The molecule has 2 aromatic heterocycles. The van der Waals surface area contributed by atoms with Gasteiger partial charge in [0.2, 0.25) is 100 Å². The van der Waals surface area contributed by atoms with E-state index in [4.69, 9.17) is 28.7 Å². The lowest BCUT2D eigenvalue weighted by atomic mass is 10.00. The van der Waals surface area contributed by atoms with Crippen LogP contribution in [0.2, 0.25) is 0 Å². The number of benzene rings is 3. The number of aliphatic carboxylic acids is 1. The van der Waals surface area contributed by atoms with Gasteiger partial charge in [-0.1, -0.05) is 88.1 Å². The van der Waals surface area contributed by atoms with Crippen molar-refractivity contribution in [3.8, 4) is 5.75 Å². The summed E-state index contributed by atoms with van der Waals surface area (Å²) in [6, 6.07) is -1.51. The molecule has 0 saturated carbocycles. The van der Waals surface area contributed by atoms with Crippen LogP contribution < -0.4 is 81.8 Å². The van der Waals surface area contributed by atoms with Gasteiger partial charge in [0, 0.05) is 112 Å². The van der Waals surface area contributed by atoms with Crippen LogP contribution in [0.1, 0.15) is 133 Å². The fraction of sp³-hybridized carbons (Fsp3) is 0.535. The number of amides is 17. The first-order chi connectivity index (χ1) is 61.7. The number of phenols is 1. The number of thioether (sulfide) groups is 1. The number of nitrogens with zero attached hydrogens (tertiary/aromatic N) is 5. The van der Waals surface area contributed by atoms with Crippen LogP contribution in [0.4, 0.5) is 0 Å². The van der Waals surface area contributed by atoms with Crippen LogP contribution in [0.3, 0.4) is 0 Å². The molecule has 4 fully saturated rings. The number of aromatic hydroxyl groups is 1. The van der Waals surface area contributed by atoms with Crippen molar-refractivity contribution in [2.45, 2.75) is 220 Å². The molecule has 0 radical (unpaired) electrons. The van der Waals surface area contributed by atoms with E-state index in [2.05, 4.69) is 63.1 Å². The largest absolute Gasteiger partial charge is 0.508 e. The van der Waals surface area contributed by atoms with E-state index in [1.54, 1.807) is 60.9 Å². The van der Waals surface area contributed by atoms with Crippen LogP contribution in [0.5, 0.6) is 5.75 Å². The smallest absolute Gasteiger partial charge is 0.305 e. The fourth-order valence-electron chi connectivity index (χ4n) is 16.6. The molecule has 3 aromatic carbocycles. The van der Waals surface area contributed by atoms with Gasteiger partial charge in [-0.15, -0.1) is 11.8 Å². The van der Waals surface area contributed by atoms with Crippen molar-refractivity contribution in [1.29, 1.82) is 0 Å². The van der Waals surface area contributed by atoms with Crippen LogP contribution in [0.25, 0.3) is 21.8 Å². The van der Waals surface area contributed by atoms with Gasteiger partial charge in [-0.2, -0.15) is 0 Å². The molecule has 4 saturated heterocycles. The summed E-state index contributed by atoms with van der Waals surface area (Å²) in [5.74, 6) is -18.3. The first-order valence-electron chi connectivity index (χ1n) is 43.5. The molecule has 5 aromatic rings. The van der Waals surface area contributed by atoms with E-state index >= 15 is 28.8 Å². The highest BCUT2D eigenvalue weighted by molar-refractivity contribution is 8.00. The van der Waals surface area contributed by atoms with Gasteiger partial charge < -0.3 is 127 Å². The highest BCUT2D eigenvalue weighted by Crippen LogP contribution is 2.28. The highest BCUT2D eigenvalue weighted by Gasteiger charge is 2.46. The molecule has 129 heavy (non-hydrogen) atoms. The monoisotopic (exact) mass is 1810 g/mol. The third-order valence-corrected chi connectivity index (χ3v) is 24.6. The number of hydrogen-bond donors (Lipinski definition) is 19. The molecule has 0 bridgehead atoms. The highest BCUT2D eigenvalue weighted by atomic mass is 32.2. The molecule has 42 nitrogen and oxygen atoms in total. The second-order valence-electron chi connectivity index (χ2n) is 32.7. The Kier molecular flexibility index (Phi) is 37.1. The Hall–Kier alpha value is -12.8. The molecule has 4 aliphatic heterocycles. The zero-order valence-electron chi connectivity index (χ0n) is 72.7. The quantitative estimate of drug-likeness (QED) is 0.0281. The van der Waals surface area contributed by atoms with E-state index < -0.39 is 241 Å². The number of aromatic nitrogens is 2. The third-order valence-electron chi connectivity index (χ3n) is 23.6. The fourth-order valence-corrected chi connectivity index (χ4v) is 17.4. The molecule has 0 aliphatic carbocycles. The number of para-hydroxylation sites is 2. The minimum Gasteiger partial charge on any atom is -0.508 e. The number of fused-ring (bicyclic) bond motifs is 5. The summed E-state index contributed by atoms with van der Waals surface area (Å²) in [6.45, 7) is 1.18. The molecule has 17 amide bonds. The Morgan fingerprint density at radius 1 is 0.465 bits per heavy atom. The van der Waals surface area contributed by atoms with Crippen molar-refractivity contribution in [2.75, 3.05) is 71.4 Å². The molecule has 2 unspecified atom stereocenters. The Morgan fingerprint density at radius 3 is 1.43 bits per heavy atom. The molecular formula is C86H120N22O20S. The Labute approximate surface area is 748 Å². The number of carboxylic acid groups (broad SMARTS) is 1. The molecule has 9 rings (SSSR count). The predicted molar refractivity (Wildman–Crippen MR) is 472 cm³/mol. The summed E-state index contributed by atoms with van der Waals surface area (Å²) >= 11 is 0.766. The lowest BCUT2D eigenvalue weighted by Gasteiger charge is -2.36. The van der Waals surface area contributed by atoms with Crippen molar-refractivity contribution >= 4 is 140 Å². The maximum Gasteiger partial charge on any atom is 0.305 e. The number of H-pyrrole nitrogens is 2. The van der Waals surface area contributed by atoms with E-state index in [1.807, 2.05) is 13.8 Å². The maximum absolute atomic E-state index is 15.7. The van der Waals surface area contributed by atoms with E-state index in [0.29, 0.717) is 64.2 Å². The normalized spacial score (nSPS) is 25.2. The zero-order chi connectivity index (χ0) is 93.9. The molecule has 0 spiro atoms. The van der Waals surface area contributed by atoms with Gasteiger partial charge in [0.25, 0.3) is 0 Å². The number of nitrogens with one attached hydrogen (secondary N) is 12. The third kappa shape index (κ3) is 26.9. The number of carbonyl (C=O) groups excluding carboxylic acids is 17. The number of nitrogens with two attached hydrogens (primary N) is 5. The topological polar surface area (TPSA) is 646 Å². The van der Waals surface area contributed by atoms with Crippen LogP contribution >= 0.6 is 11.8 Å². The minimum absolute atomic E-state index is 0.00315. The summed E-state index contributed by atoms with van der Waals surface area (Å²) in [4.78, 5) is 272. The average molecular weight is 1810 g/mol. The summed E-state index contributed by atoms with van der Waals surface area (Å²) in [5, 5.41) is 47.9. The van der Waals surface area contributed by atoms with Gasteiger partial charge in [-0.3, -0.25) is 86.3 Å². The molecule has 4 aliphatic rings. The van der Waals surface area contributed by atoms with Crippen LogP contribution in [0, 0.1) is 0 Å². The molecule has 700 valence electrons. The van der Waals surface area contributed by atoms with Crippen molar-refractivity contribution in [3.63, 3.8) is 0 Å². The maximum atomic E-state index is 15.7. The number of rotatable bonds is 24. The average Bonchev–Trinajstić information content (AvgIpc) is 1.77. The van der Waals surface area contributed by atoms with Crippen LogP contribution in [0.15, 0.2) is 85.2 Å². The summed E-state index contributed by atoms with van der Waals surface area (Å²) in [6.07, 6.45) is 2.60. The number of unbranched alkanes of at least 4 members (excludes halogenated alkanes) is 2. The number of primary amides is 2. The van der Waals surface area contributed by atoms with Crippen molar-refractivity contribution in [2.24, 2.45) is 28.7 Å². The van der Waals surface area contributed by atoms with Crippen molar-refractivity contribution in [1.82, 2.24) is 87.6 Å². The van der Waals surface area contributed by atoms with Gasteiger partial charge in [0.05, 0.1) is 18.7 Å². The summed E-state index contributed by atoms with van der Waals surface area (Å²) in [5.41, 5.74) is 32.4. The lowest BCUT2D eigenvalue weighted by molar-refractivity contribution is -0.149. The predicted octanol–water partition coefficient (Wildman–Crippen LogP) is -3.89. The Balaban J connectivity index is 1.07. The van der Waals surface area contributed by atoms with E-state index in [1.165, 1.54) is 43.3 Å². The molecule has 43 heteroatoms. The van der Waals surface area contributed by atoms with Gasteiger partial charge in [0.1, 0.15) is 90.3 Å². The van der Waals surface area contributed by atoms with E-state index in [-0.39, 0.29) is 109 Å². The first kappa shape index (κ1) is 100.0. The van der Waals surface area contributed by atoms with Gasteiger partial charge in [-0.05, 0) is 112 Å². The standard InChI is InChI=1S/C86H120N22O20S/c1-5-7-20-64-78(120)101-62(41-89)77(119)103-63(73(115)94-44-70(91)111)45-129-46-71(112)95-58(36-47-25-27-50(109)28-26-47)84(126)107-34-14-23-66(107)80(122)100-60(39-72(113)114)85(127)108-35-15-24-67(108)81(123)102-61(40-88)76(118)97-56(29-30-69(90)110)83(125)106-33-13-22-65(106)79(121)98-57(37-48-42-92-53-18-11-9-16-51(48)53)75(117)96-55(31-32-87)74(116)99-59(38-49-43-93-54-19-12-10-17-52(49)54)82(124)105(4)68(21-8-6-2)86(128)104(64)3/h9-12,16-19,25-28,42-43,55-68,92-93,109H,5-8,13-15,20-24,29-41,44-46,87-89H2,1-4H3,(H2,90,110)(H2,91,111)(H,94,115)(H,95,112)(H,96,117)(H,97,118)(H,98,121)(H,99,116)(H,100,122)(H,101,120)(H,102,123)(H,103,119)(H,113,114)/t55-,56-,57+,58-,59-,60+,61+,62-,63+,64+,65?,66?,67-,68+/m0/s1. The minimum atomic E-state index is -1.88. The molecule has 6 heterocycles. The van der Waals surface area contributed by atoms with Crippen molar-refractivity contribution < 1.29 is 96.5 Å². The number of aromatic amines is 2.